The maximum atomic E-state index is 12.5. The molecule has 0 aliphatic carbocycles. The van der Waals surface area contributed by atoms with E-state index in [2.05, 4.69) is 15.8 Å². The fourth-order valence-electron chi connectivity index (χ4n) is 2.21. The Morgan fingerprint density at radius 3 is 2.32 bits per heavy atom. The highest BCUT2D eigenvalue weighted by atomic mass is 16.5. The number of rotatable bonds is 9. The number of anilines is 2. The van der Waals surface area contributed by atoms with E-state index in [0.717, 1.165) is 6.92 Å². The summed E-state index contributed by atoms with van der Waals surface area (Å²) in [7, 11) is 0. The van der Waals surface area contributed by atoms with Crippen LogP contribution in [0.25, 0.3) is 0 Å². The molecule has 0 saturated heterocycles. The minimum Gasteiger partial charge on any atom is -0.489 e. The molecule has 0 aliphatic rings. The first kappa shape index (κ1) is 20.6. The number of aliphatic hydroxyl groups excluding tert-OH is 1. The van der Waals surface area contributed by atoms with E-state index in [9.17, 15) is 19.5 Å². The van der Waals surface area contributed by atoms with Crippen molar-refractivity contribution in [3.8, 4) is 5.75 Å². The van der Waals surface area contributed by atoms with Crippen molar-refractivity contribution in [2.75, 3.05) is 24.0 Å². The van der Waals surface area contributed by atoms with Gasteiger partial charge in [-0.05, 0) is 24.3 Å². The Kier molecular flexibility index (Phi) is 7.23. The molecule has 2 rings (SSSR count). The van der Waals surface area contributed by atoms with E-state index in [4.69, 9.17) is 9.84 Å². The third-order valence-corrected chi connectivity index (χ3v) is 3.48. The summed E-state index contributed by atoms with van der Waals surface area (Å²) in [5.41, 5.74) is 2.37. The molecular weight excluding hydrogens is 366 g/mol. The van der Waals surface area contributed by atoms with Crippen LogP contribution < -0.4 is 15.5 Å². The number of hydrogen-bond donors (Lipinski definition) is 4. The number of carbonyl (C=O) groups is 3. The van der Waals surface area contributed by atoms with Crippen molar-refractivity contribution in [1.82, 2.24) is 0 Å². The molecule has 0 radical (unpaired) electrons. The summed E-state index contributed by atoms with van der Waals surface area (Å²) >= 11 is 0. The number of Topliss-reactive ketones (excluding diaryl/α,β-unsaturated/α-hetero) is 1. The summed E-state index contributed by atoms with van der Waals surface area (Å²) in [5, 5.41) is 24.4. The zero-order valence-electron chi connectivity index (χ0n) is 15.0. The van der Waals surface area contributed by atoms with E-state index >= 15 is 0 Å². The molecule has 146 valence electrons. The Labute approximate surface area is 160 Å². The first-order valence-electron chi connectivity index (χ1n) is 8.25. The van der Waals surface area contributed by atoms with Gasteiger partial charge in [0, 0.05) is 6.92 Å². The Hall–Kier alpha value is -3.72. The van der Waals surface area contributed by atoms with Crippen molar-refractivity contribution in [1.29, 1.82) is 0 Å². The molecule has 0 saturated carbocycles. The number of aliphatic hydroxyl groups is 1. The SMILES string of the molecule is CC(=O)/C(=N/Nc1ccccc1C(=O)O)C(=O)Nc1ccccc1OCCO. The van der Waals surface area contributed by atoms with Crippen molar-refractivity contribution in [3.05, 3.63) is 54.1 Å². The van der Waals surface area contributed by atoms with Crippen LogP contribution in [0.3, 0.4) is 0 Å². The Morgan fingerprint density at radius 1 is 1.04 bits per heavy atom. The molecule has 0 bridgehead atoms. The van der Waals surface area contributed by atoms with Crippen LogP contribution in [0.1, 0.15) is 17.3 Å². The second-order valence-electron chi connectivity index (χ2n) is 5.50. The van der Waals surface area contributed by atoms with Gasteiger partial charge in [-0.3, -0.25) is 15.0 Å². The van der Waals surface area contributed by atoms with Gasteiger partial charge in [-0.2, -0.15) is 5.10 Å². The van der Waals surface area contributed by atoms with Crippen molar-refractivity contribution in [2.45, 2.75) is 6.92 Å². The molecule has 0 atom stereocenters. The number of aromatic carboxylic acids is 1. The van der Waals surface area contributed by atoms with E-state index in [1.807, 2.05) is 0 Å². The molecule has 0 heterocycles. The first-order valence-corrected chi connectivity index (χ1v) is 8.25. The summed E-state index contributed by atoms with van der Waals surface area (Å²) < 4.78 is 5.33. The number of carboxylic acids is 1. The maximum Gasteiger partial charge on any atom is 0.337 e. The fourth-order valence-corrected chi connectivity index (χ4v) is 2.21. The molecule has 4 N–H and O–H groups in total. The molecule has 0 aliphatic heterocycles. The number of hydrogen-bond acceptors (Lipinski definition) is 7. The minimum absolute atomic E-state index is 0.0358. The van der Waals surface area contributed by atoms with Crippen LogP contribution in [0.4, 0.5) is 11.4 Å². The summed E-state index contributed by atoms with van der Waals surface area (Å²) in [4.78, 5) is 35.6. The molecule has 28 heavy (non-hydrogen) atoms. The number of nitrogens with one attached hydrogen (secondary N) is 2. The lowest BCUT2D eigenvalue weighted by molar-refractivity contribution is -0.114. The molecule has 0 aromatic heterocycles. The van der Waals surface area contributed by atoms with Gasteiger partial charge in [-0.15, -0.1) is 0 Å². The Balaban J connectivity index is 2.23. The topological polar surface area (TPSA) is 137 Å². The van der Waals surface area contributed by atoms with E-state index in [1.165, 1.54) is 12.1 Å². The van der Waals surface area contributed by atoms with Crippen LogP contribution in [0.15, 0.2) is 53.6 Å². The number of ether oxygens (including phenoxy) is 1. The van der Waals surface area contributed by atoms with Gasteiger partial charge in [0.25, 0.3) is 5.91 Å². The smallest absolute Gasteiger partial charge is 0.337 e. The fraction of sp³-hybridized carbons (Fsp3) is 0.158. The van der Waals surface area contributed by atoms with Crippen molar-refractivity contribution in [3.63, 3.8) is 0 Å². The van der Waals surface area contributed by atoms with Crippen molar-refractivity contribution < 1.29 is 29.3 Å². The number of ketones is 1. The van der Waals surface area contributed by atoms with Crippen LogP contribution in [0.2, 0.25) is 0 Å². The van der Waals surface area contributed by atoms with Gasteiger partial charge in [0.1, 0.15) is 12.4 Å². The number of carboxylic acid groups (broad SMARTS) is 1. The third kappa shape index (κ3) is 5.39. The average Bonchev–Trinajstić information content (AvgIpc) is 2.67. The molecule has 9 heteroatoms. The van der Waals surface area contributed by atoms with Crippen molar-refractivity contribution >= 4 is 34.7 Å². The lowest BCUT2D eigenvalue weighted by atomic mass is 10.2. The molecule has 2 aromatic rings. The number of amides is 1. The van der Waals surface area contributed by atoms with Crippen LogP contribution in [0, 0.1) is 0 Å². The number of benzene rings is 2. The van der Waals surface area contributed by atoms with Crippen LogP contribution in [-0.4, -0.2) is 46.8 Å². The summed E-state index contributed by atoms with van der Waals surface area (Å²) in [6.45, 7) is 1.00. The highest BCUT2D eigenvalue weighted by Gasteiger charge is 2.19. The zero-order valence-corrected chi connectivity index (χ0v) is 15.0. The van der Waals surface area contributed by atoms with Crippen molar-refractivity contribution in [2.24, 2.45) is 5.10 Å². The van der Waals surface area contributed by atoms with Crippen LogP contribution in [-0.2, 0) is 9.59 Å². The summed E-state index contributed by atoms with van der Waals surface area (Å²) in [5.74, 6) is -2.28. The van der Waals surface area contributed by atoms with E-state index < -0.39 is 23.4 Å². The highest BCUT2D eigenvalue weighted by Crippen LogP contribution is 2.23. The number of nitrogens with zero attached hydrogens (tertiary/aromatic N) is 1. The lowest BCUT2D eigenvalue weighted by Crippen LogP contribution is -2.29. The molecule has 0 spiro atoms. The quantitative estimate of drug-likeness (QED) is 0.293. The van der Waals surface area contributed by atoms with E-state index in [0.29, 0.717) is 11.4 Å². The number of hydrazone groups is 1. The number of carbonyl (C=O) groups excluding carboxylic acids is 2. The maximum absolute atomic E-state index is 12.5. The number of para-hydroxylation sites is 3. The van der Waals surface area contributed by atoms with Gasteiger partial charge in [-0.25, -0.2) is 4.79 Å². The molecule has 9 nitrogen and oxygen atoms in total. The van der Waals surface area contributed by atoms with Gasteiger partial charge >= 0.3 is 5.97 Å². The van der Waals surface area contributed by atoms with Gasteiger partial charge < -0.3 is 20.3 Å². The first-order chi connectivity index (χ1) is 13.4. The van der Waals surface area contributed by atoms with Gasteiger partial charge in [0.15, 0.2) is 11.5 Å². The monoisotopic (exact) mass is 385 g/mol. The molecule has 0 unspecified atom stereocenters. The van der Waals surface area contributed by atoms with Gasteiger partial charge in [0.2, 0.25) is 0 Å². The van der Waals surface area contributed by atoms with Gasteiger partial charge in [-0.1, -0.05) is 24.3 Å². The zero-order chi connectivity index (χ0) is 20.5. The summed E-state index contributed by atoms with van der Waals surface area (Å²) in [6, 6.07) is 12.5. The van der Waals surface area contributed by atoms with Crippen LogP contribution in [0.5, 0.6) is 5.75 Å². The largest absolute Gasteiger partial charge is 0.489 e. The average molecular weight is 385 g/mol. The Bertz CT molecular complexity index is 910. The predicted molar refractivity (Wildman–Crippen MR) is 103 cm³/mol. The van der Waals surface area contributed by atoms with E-state index in [-0.39, 0.29) is 24.5 Å². The van der Waals surface area contributed by atoms with Crippen LogP contribution >= 0.6 is 0 Å². The second kappa shape index (κ2) is 9.83. The van der Waals surface area contributed by atoms with E-state index in [1.54, 1.807) is 36.4 Å². The second-order valence-corrected chi connectivity index (χ2v) is 5.50. The standard InChI is InChI=1S/C19H19N3O6/c1-12(24)17(22-21-14-7-3-2-6-13(14)19(26)27)18(25)20-15-8-4-5-9-16(15)28-11-10-23/h2-9,21,23H,10-11H2,1H3,(H,20,25)(H,26,27)/b22-17-. The lowest BCUT2D eigenvalue weighted by Gasteiger charge is -2.12. The molecule has 2 aromatic carbocycles. The predicted octanol–water partition coefficient (Wildman–Crippen LogP) is 1.75. The normalized spacial score (nSPS) is 10.9. The molecular formula is C19H19N3O6. The molecule has 1 amide bonds. The minimum atomic E-state index is -1.18. The summed E-state index contributed by atoms with van der Waals surface area (Å²) in [6.07, 6.45) is 0. The Morgan fingerprint density at radius 2 is 1.68 bits per heavy atom. The molecule has 0 fully saturated rings. The highest BCUT2D eigenvalue weighted by molar-refractivity contribution is 6.67. The van der Waals surface area contributed by atoms with Gasteiger partial charge in [0.05, 0.1) is 23.5 Å². The third-order valence-electron chi connectivity index (χ3n) is 3.48.